The van der Waals surface area contributed by atoms with Crippen LogP contribution in [0.1, 0.15) is 39.7 Å². The maximum absolute atomic E-state index is 10.6. The second-order valence-electron chi connectivity index (χ2n) is 4.15. The molecule has 0 atom stereocenters. The SMILES string of the molecule is CC.CCC.COC(=O)NN=Cc1cccc(Cl)c1.OP(O)(O)=S.OP(O)(O)=S. The van der Waals surface area contributed by atoms with E-state index in [0.29, 0.717) is 5.02 Å². The summed E-state index contributed by atoms with van der Waals surface area (Å²) in [5.41, 5.74) is 2.97. The largest absolute Gasteiger partial charge is 0.452 e. The minimum Gasteiger partial charge on any atom is -0.452 e. The number of carbonyl (C=O) groups excluding carboxylic acids is 1. The number of carbonyl (C=O) groups is 1. The molecule has 0 spiro atoms. The Hall–Kier alpha value is -0.490. The van der Waals surface area contributed by atoms with Gasteiger partial charge in [-0.25, -0.2) is 10.2 Å². The molecule has 7 N–H and O–H groups in total. The normalized spacial score (nSPS) is 9.79. The molecule has 10 nitrogen and oxygen atoms in total. The minimum atomic E-state index is -3.81. The first-order valence-corrected chi connectivity index (χ1v) is 13.5. The van der Waals surface area contributed by atoms with Crippen LogP contribution in [0.4, 0.5) is 4.79 Å². The van der Waals surface area contributed by atoms with Crippen molar-refractivity contribution in [3.05, 3.63) is 34.9 Å². The first-order valence-electron chi connectivity index (χ1n) is 7.83. The van der Waals surface area contributed by atoms with Crippen LogP contribution in [0.5, 0.6) is 0 Å². The van der Waals surface area contributed by atoms with Crippen LogP contribution in [0.2, 0.25) is 5.02 Å². The number of benzene rings is 1. The van der Waals surface area contributed by atoms with Gasteiger partial charge in [0.25, 0.3) is 0 Å². The van der Waals surface area contributed by atoms with Gasteiger partial charge in [-0.3, -0.25) is 0 Å². The molecular weight excluding hydrogens is 486 g/mol. The summed E-state index contributed by atoms with van der Waals surface area (Å²) in [6.45, 7) is 0.639. The highest BCUT2D eigenvalue weighted by molar-refractivity contribution is 8.06. The fourth-order valence-electron chi connectivity index (χ4n) is 0.792. The van der Waals surface area contributed by atoms with Crippen molar-refractivity contribution in [2.75, 3.05) is 7.11 Å². The van der Waals surface area contributed by atoms with Crippen LogP contribution in [0.15, 0.2) is 29.4 Å². The van der Waals surface area contributed by atoms with E-state index in [2.05, 4.69) is 52.7 Å². The van der Waals surface area contributed by atoms with Gasteiger partial charge in [-0.05, 0) is 41.3 Å². The number of rotatable bonds is 2. The number of nitrogens with zero attached hydrogens (tertiary/aromatic N) is 1. The predicted molar refractivity (Wildman–Crippen MR) is 124 cm³/mol. The average molecular weight is 515 g/mol. The Kier molecular flexibility index (Phi) is 27.5. The second-order valence-corrected chi connectivity index (χ2v) is 9.58. The van der Waals surface area contributed by atoms with Gasteiger partial charge in [0.15, 0.2) is 0 Å². The molecule has 0 saturated carbocycles. The molecule has 0 radical (unpaired) electrons. The number of methoxy groups -OCH3 is 1. The third-order valence-corrected chi connectivity index (χ3v) is 1.64. The van der Waals surface area contributed by atoms with Crippen molar-refractivity contribution >= 4 is 61.0 Å². The Morgan fingerprint density at radius 2 is 1.52 bits per heavy atom. The molecule has 0 aliphatic carbocycles. The Morgan fingerprint density at radius 3 is 1.83 bits per heavy atom. The molecule has 0 saturated heterocycles. The predicted octanol–water partition coefficient (Wildman–Crippen LogP) is 2.85. The maximum atomic E-state index is 10.6. The van der Waals surface area contributed by atoms with Crippen LogP contribution < -0.4 is 5.43 Å². The highest BCUT2D eigenvalue weighted by atomic mass is 35.5. The monoisotopic (exact) mass is 514 g/mol. The summed E-state index contributed by atoms with van der Waals surface area (Å²) in [7, 11) is 1.27. The lowest BCUT2D eigenvalue weighted by Crippen LogP contribution is -2.16. The van der Waals surface area contributed by atoms with Crippen molar-refractivity contribution < 1.29 is 38.9 Å². The van der Waals surface area contributed by atoms with E-state index in [-0.39, 0.29) is 0 Å². The topological polar surface area (TPSA) is 172 Å². The lowest BCUT2D eigenvalue weighted by atomic mass is 10.2. The summed E-state index contributed by atoms with van der Waals surface area (Å²) in [5, 5.41) is 4.26. The minimum absolute atomic E-state index is 0.608. The van der Waals surface area contributed by atoms with Crippen molar-refractivity contribution in [1.29, 1.82) is 0 Å². The smallest absolute Gasteiger partial charge is 0.427 e. The van der Waals surface area contributed by atoms with Crippen molar-refractivity contribution in [3.63, 3.8) is 0 Å². The molecular formula is C14H29ClN2O8P2S2. The fraction of sp³-hybridized carbons (Fsp3) is 0.429. The lowest BCUT2D eigenvalue weighted by Gasteiger charge is -1.96. The molecule has 15 heteroatoms. The Balaban J connectivity index is -0.000000173. The second kappa shape index (κ2) is 22.2. The van der Waals surface area contributed by atoms with Crippen molar-refractivity contribution in [1.82, 2.24) is 5.43 Å². The third-order valence-electron chi connectivity index (χ3n) is 1.40. The van der Waals surface area contributed by atoms with E-state index in [0.717, 1.165) is 5.56 Å². The number of nitrogens with one attached hydrogen (secondary N) is 1. The van der Waals surface area contributed by atoms with Gasteiger partial charge in [0.05, 0.1) is 13.3 Å². The molecule has 29 heavy (non-hydrogen) atoms. The standard InChI is InChI=1S/C9H9ClN2O2.C3H8.C2H6.2H3O3PS/c1-14-9(13)12-11-6-7-3-2-4-8(10)5-7;1-3-2;1-2;2*1-4(2,3)5/h2-6H,1H3,(H,12,13);3H2,1-2H3;1-2H3;2*(H3,1,2,3,5). The molecule has 0 unspecified atom stereocenters. The van der Waals surface area contributed by atoms with Crippen LogP contribution >= 0.6 is 25.0 Å². The van der Waals surface area contributed by atoms with E-state index in [4.69, 9.17) is 41.0 Å². The molecule has 1 aromatic carbocycles. The lowest BCUT2D eigenvalue weighted by molar-refractivity contribution is 0.171. The average Bonchev–Trinajstić information content (AvgIpc) is 2.54. The molecule has 1 aromatic rings. The number of hydrogen-bond acceptors (Lipinski definition) is 5. The zero-order chi connectivity index (χ0) is 24.1. The summed E-state index contributed by atoms with van der Waals surface area (Å²) in [6.07, 6.45) is 2.12. The highest BCUT2D eigenvalue weighted by Gasteiger charge is 1.94. The van der Waals surface area contributed by atoms with Crippen molar-refractivity contribution in [2.45, 2.75) is 34.1 Å². The molecule has 0 fully saturated rings. The van der Waals surface area contributed by atoms with E-state index in [1.54, 1.807) is 18.2 Å². The highest BCUT2D eigenvalue weighted by Crippen LogP contribution is 2.26. The van der Waals surface area contributed by atoms with Crippen molar-refractivity contribution in [2.24, 2.45) is 5.10 Å². The molecule has 172 valence electrons. The van der Waals surface area contributed by atoms with E-state index in [1.165, 1.54) is 19.7 Å². The maximum Gasteiger partial charge on any atom is 0.427 e. The third kappa shape index (κ3) is 58.4. The van der Waals surface area contributed by atoms with Crippen LogP contribution in [0, 0.1) is 0 Å². The number of amides is 1. The van der Waals surface area contributed by atoms with E-state index < -0.39 is 19.5 Å². The Morgan fingerprint density at radius 1 is 1.14 bits per heavy atom. The Bertz CT molecular complexity index is 620. The Labute approximate surface area is 186 Å². The first kappa shape index (κ1) is 35.9. The molecule has 0 bridgehead atoms. The summed E-state index contributed by atoms with van der Waals surface area (Å²) >= 11 is 12.9. The summed E-state index contributed by atoms with van der Waals surface area (Å²) in [4.78, 5) is 55.9. The zero-order valence-corrected chi connectivity index (χ0v) is 20.8. The molecule has 0 aliphatic heterocycles. The van der Waals surface area contributed by atoms with Gasteiger partial charge in [0.1, 0.15) is 0 Å². The molecule has 1 rings (SSSR count). The summed E-state index contributed by atoms with van der Waals surface area (Å²) < 4.78 is 4.32. The van der Waals surface area contributed by atoms with Gasteiger partial charge in [0.2, 0.25) is 0 Å². The van der Waals surface area contributed by atoms with Gasteiger partial charge in [-0.2, -0.15) is 5.10 Å². The van der Waals surface area contributed by atoms with Gasteiger partial charge in [-0.1, -0.05) is 57.8 Å². The number of ether oxygens (including phenoxy) is 1. The molecule has 0 heterocycles. The zero-order valence-electron chi connectivity index (χ0n) is 16.6. The quantitative estimate of drug-likeness (QED) is 0.177. The fourth-order valence-corrected chi connectivity index (χ4v) is 0.991. The van der Waals surface area contributed by atoms with Crippen LogP contribution in [-0.4, -0.2) is 48.8 Å². The van der Waals surface area contributed by atoms with Gasteiger partial charge in [0, 0.05) is 5.02 Å². The van der Waals surface area contributed by atoms with Crippen LogP contribution in [0.25, 0.3) is 0 Å². The summed E-state index contributed by atoms with van der Waals surface area (Å²) in [5.74, 6) is 0. The van der Waals surface area contributed by atoms with Crippen LogP contribution in [-0.2, 0) is 28.4 Å². The first-order chi connectivity index (χ1) is 13.1. The van der Waals surface area contributed by atoms with Crippen molar-refractivity contribution in [3.8, 4) is 0 Å². The summed E-state index contributed by atoms with van der Waals surface area (Å²) in [6, 6.07) is 7.09. The number of hydrazone groups is 1. The molecule has 0 aliphatic rings. The van der Waals surface area contributed by atoms with Gasteiger partial charge in [-0.15, -0.1) is 0 Å². The van der Waals surface area contributed by atoms with Crippen LogP contribution in [0.3, 0.4) is 0 Å². The number of halogens is 1. The van der Waals surface area contributed by atoms with E-state index in [9.17, 15) is 4.79 Å². The number of hydrogen-bond donors (Lipinski definition) is 7. The van der Waals surface area contributed by atoms with Gasteiger partial charge < -0.3 is 34.1 Å². The molecule has 1 amide bonds. The van der Waals surface area contributed by atoms with E-state index in [1.807, 2.05) is 19.9 Å². The van der Waals surface area contributed by atoms with E-state index >= 15 is 0 Å². The van der Waals surface area contributed by atoms with Gasteiger partial charge >= 0.3 is 19.5 Å². The molecule has 0 aromatic heterocycles.